The fraction of sp³-hybridized carbons (Fsp3) is 0.571. The molecule has 4 nitrogen and oxygen atoms in total. The van der Waals surface area contributed by atoms with Gasteiger partial charge in [0.1, 0.15) is 6.61 Å². The summed E-state index contributed by atoms with van der Waals surface area (Å²) in [4.78, 5) is 19.1. The van der Waals surface area contributed by atoms with Gasteiger partial charge in [0.15, 0.2) is 0 Å². The summed E-state index contributed by atoms with van der Waals surface area (Å²) in [5.74, 6) is -0.444. The van der Waals surface area contributed by atoms with Crippen LogP contribution in [0.4, 0.5) is 0 Å². The normalized spacial score (nSPS) is 13.3. The molecule has 68 valence electrons. The molecule has 0 spiro atoms. The Labute approximate surface area is 72.1 Å². The molecule has 0 saturated heterocycles. The number of ether oxygens (including phenoxy) is 1. The summed E-state index contributed by atoms with van der Waals surface area (Å²) in [5.41, 5.74) is -0.526. The SMILES string of the molecule is C=CCC(COC(C)=O)[P+](=O)O. The zero-order valence-corrected chi connectivity index (χ0v) is 7.79. The van der Waals surface area contributed by atoms with Crippen LogP contribution >= 0.6 is 8.03 Å². The highest BCUT2D eigenvalue weighted by atomic mass is 31.1. The first kappa shape index (κ1) is 11.3. The van der Waals surface area contributed by atoms with Crippen molar-refractivity contribution in [3.63, 3.8) is 0 Å². The van der Waals surface area contributed by atoms with Crippen molar-refractivity contribution < 1.29 is 19.0 Å². The lowest BCUT2D eigenvalue weighted by molar-refractivity contribution is -0.140. The lowest BCUT2D eigenvalue weighted by Gasteiger charge is -2.01. The van der Waals surface area contributed by atoms with Crippen LogP contribution in [-0.4, -0.2) is 23.1 Å². The Morgan fingerprint density at radius 3 is 2.75 bits per heavy atom. The second kappa shape index (κ2) is 5.86. The van der Waals surface area contributed by atoms with Gasteiger partial charge in [-0.1, -0.05) is 6.08 Å². The standard InChI is InChI=1S/C7H11O4P/c1-3-4-7(12(9)10)5-11-6(2)8/h3,7H,1,4-5H2,2H3/p+1. The molecule has 0 radical (unpaired) electrons. The molecule has 12 heavy (non-hydrogen) atoms. The van der Waals surface area contributed by atoms with Gasteiger partial charge in [0.2, 0.25) is 5.66 Å². The van der Waals surface area contributed by atoms with Crippen LogP contribution < -0.4 is 0 Å². The molecule has 0 aliphatic rings. The van der Waals surface area contributed by atoms with Crippen molar-refractivity contribution in [2.75, 3.05) is 6.61 Å². The molecule has 0 rings (SSSR count). The Bertz CT molecular complexity index is 190. The minimum Gasteiger partial charge on any atom is -0.461 e. The number of carbonyl (C=O) groups excluding carboxylic acids is 1. The van der Waals surface area contributed by atoms with E-state index in [4.69, 9.17) is 4.89 Å². The number of carbonyl (C=O) groups is 1. The van der Waals surface area contributed by atoms with Crippen molar-refractivity contribution in [3.8, 4) is 0 Å². The van der Waals surface area contributed by atoms with Gasteiger partial charge in [-0.3, -0.25) is 4.79 Å². The van der Waals surface area contributed by atoms with Crippen LogP contribution in [0.15, 0.2) is 12.7 Å². The zero-order chi connectivity index (χ0) is 9.56. The molecule has 0 fully saturated rings. The number of rotatable bonds is 5. The van der Waals surface area contributed by atoms with Crippen LogP contribution in [0.5, 0.6) is 0 Å². The Hall–Kier alpha value is -0.730. The molecule has 1 N–H and O–H groups in total. The van der Waals surface area contributed by atoms with E-state index in [1.54, 1.807) is 0 Å². The van der Waals surface area contributed by atoms with Crippen LogP contribution in [0.1, 0.15) is 13.3 Å². The second-order valence-corrected chi connectivity index (χ2v) is 3.62. The third-order valence-electron chi connectivity index (χ3n) is 1.23. The first-order valence-corrected chi connectivity index (χ1v) is 4.75. The van der Waals surface area contributed by atoms with Crippen molar-refractivity contribution in [1.29, 1.82) is 0 Å². The van der Waals surface area contributed by atoms with Crippen LogP contribution in [-0.2, 0) is 14.1 Å². The lowest BCUT2D eigenvalue weighted by Crippen LogP contribution is -2.13. The monoisotopic (exact) mass is 191 g/mol. The van der Waals surface area contributed by atoms with Gasteiger partial charge >= 0.3 is 14.0 Å². The summed E-state index contributed by atoms with van der Waals surface area (Å²) in [6.07, 6.45) is 1.90. The maximum atomic E-state index is 10.6. The Morgan fingerprint density at radius 2 is 2.42 bits per heavy atom. The van der Waals surface area contributed by atoms with E-state index in [0.717, 1.165) is 0 Å². The summed E-state index contributed by atoms with van der Waals surface area (Å²) in [6.45, 7) is 4.67. The molecular weight excluding hydrogens is 179 g/mol. The van der Waals surface area contributed by atoms with E-state index in [-0.39, 0.29) is 6.61 Å². The van der Waals surface area contributed by atoms with Crippen molar-refractivity contribution >= 4 is 14.0 Å². The predicted molar refractivity (Wildman–Crippen MR) is 45.1 cm³/mol. The first-order chi connectivity index (χ1) is 5.57. The second-order valence-electron chi connectivity index (χ2n) is 2.28. The smallest absolute Gasteiger partial charge is 0.461 e. The van der Waals surface area contributed by atoms with Crippen molar-refractivity contribution in [2.24, 2.45) is 0 Å². The van der Waals surface area contributed by atoms with Crippen LogP contribution in [0, 0.1) is 0 Å². The van der Waals surface area contributed by atoms with E-state index < -0.39 is 19.7 Å². The fourth-order valence-corrected chi connectivity index (χ4v) is 1.16. The van der Waals surface area contributed by atoms with E-state index in [1.165, 1.54) is 13.0 Å². The molecule has 2 unspecified atom stereocenters. The number of esters is 1. The Morgan fingerprint density at radius 1 is 1.83 bits per heavy atom. The average molecular weight is 191 g/mol. The van der Waals surface area contributed by atoms with E-state index in [2.05, 4.69) is 11.3 Å². The third-order valence-corrected chi connectivity index (χ3v) is 2.21. The average Bonchev–Trinajstić information content (AvgIpc) is 1.96. The van der Waals surface area contributed by atoms with E-state index in [0.29, 0.717) is 6.42 Å². The zero-order valence-electron chi connectivity index (χ0n) is 6.90. The highest BCUT2D eigenvalue weighted by Crippen LogP contribution is 2.25. The highest BCUT2D eigenvalue weighted by molar-refractivity contribution is 7.38. The number of hydrogen-bond acceptors (Lipinski definition) is 3. The van der Waals surface area contributed by atoms with Gasteiger partial charge in [0.25, 0.3) is 0 Å². The minimum atomic E-state index is -2.30. The topological polar surface area (TPSA) is 63.6 Å². The lowest BCUT2D eigenvalue weighted by atomic mass is 10.3. The largest absolute Gasteiger partial charge is 0.512 e. The van der Waals surface area contributed by atoms with Gasteiger partial charge in [-0.05, 0) is 4.57 Å². The molecule has 0 aliphatic heterocycles. The first-order valence-electron chi connectivity index (χ1n) is 3.47. The Balaban J connectivity index is 3.86. The summed E-state index contributed by atoms with van der Waals surface area (Å²) in [7, 11) is -2.30. The van der Waals surface area contributed by atoms with Gasteiger partial charge in [-0.25, -0.2) is 0 Å². The molecule has 0 aromatic heterocycles. The summed E-state index contributed by atoms with van der Waals surface area (Å²) in [6, 6.07) is 0. The Kier molecular flexibility index (Phi) is 5.51. The van der Waals surface area contributed by atoms with Crippen molar-refractivity contribution in [2.45, 2.75) is 19.0 Å². The van der Waals surface area contributed by atoms with E-state index in [9.17, 15) is 9.36 Å². The fourth-order valence-electron chi connectivity index (χ4n) is 0.628. The highest BCUT2D eigenvalue weighted by Gasteiger charge is 2.28. The summed E-state index contributed by atoms with van der Waals surface area (Å²) in [5, 5.41) is 0. The third kappa shape index (κ3) is 4.99. The number of hydrogen-bond donors (Lipinski definition) is 1. The minimum absolute atomic E-state index is 0.0208. The van der Waals surface area contributed by atoms with Gasteiger partial charge in [0.05, 0.1) is 0 Å². The van der Waals surface area contributed by atoms with E-state index >= 15 is 0 Å². The van der Waals surface area contributed by atoms with Gasteiger partial charge in [-0.15, -0.1) is 6.58 Å². The molecule has 5 heteroatoms. The molecule has 0 aromatic rings. The summed E-state index contributed by atoms with van der Waals surface area (Å²) >= 11 is 0. The van der Waals surface area contributed by atoms with Gasteiger partial charge in [-0.2, -0.15) is 4.89 Å². The maximum Gasteiger partial charge on any atom is 0.512 e. The predicted octanol–water partition coefficient (Wildman–Crippen LogP) is 1.23. The molecule has 0 aliphatic carbocycles. The molecule has 0 amide bonds. The van der Waals surface area contributed by atoms with Crippen LogP contribution in [0.2, 0.25) is 0 Å². The van der Waals surface area contributed by atoms with Gasteiger partial charge < -0.3 is 4.74 Å². The molecule has 0 heterocycles. The molecule has 0 bridgehead atoms. The molecule has 0 aromatic carbocycles. The molecule has 2 atom stereocenters. The quantitative estimate of drug-likeness (QED) is 0.403. The van der Waals surface area contributed by atoms with Crippen molar-refractivity contribution in [3.05, 3.63) is 12.7 Å². The van der Waals surface area contributed by atoms with Crippen LogP contribution in [0.25, 0.3) is 0 Å². The van der Waals surface area contributed by atoms with Crippen LogP contribution in [0.3, 0.4) is 0 Å². The van der Waals surface area contributed by atoms with E-state index in [1.807, 2.05) is 0 Å². The number of allylic oxidation sites excluding steroid dienone is 1. The van der Waals surface area contributed by atoms with Crippen molar-refractivity contribution in [1.82, 2.24) is 0 Å². The maximum absolute atomic E-state index is 10.6. The molecule has 0 saturated carbocycles. The molecular formula is C7H12O4P+. The summed E-state index contributed by atoms with van der Waals surface area (Å²) < 4.78 is 15.2. The van der Waals surface area contributed by atoms with Gasteiger partial charge in [0, 0.05) is 13.3 Å².